The van der Waals surface area contributed by atoms with Crippen LogP contribution in [0.4, 0.5) is 0 Å². The van der Waals surface area contributed by atoms with Gasteiger partial charge in [0.15, 0.2) is 0 Å². The number of hydrogen-bond donors (Lipinski definition) is 1. The molecular weight excluding hydrogens is 312 g/mol. The number of hydrogen-bond acceptors (Lipinski definition) is 6. The summed E-state index contributed by atoms with van der Waals surface area (Å²) in [7, 11) is 1.31. The Morgan fingerprint density at radius 2 is 1.75 bits per heavy atom. The van der Waals surface area contributed by atoms with Crippen LogP contribution in [0.2, 0.25) is 0 Å². The Balaban J connectivity index is 4.86. The van der Waals surface area contributed by atoms with E-state index in [1.54, 1.807) is 20.8 Å². The van der Waals surface area contributed by atoms with Crippen LogP contribution in [0.3, 0.4) is 0 Å². The van der Waals surface area contributed by atoms with Gasteiger partial charge in [0.2, 0.25) is 0 Å². The maximum atomic E-state index is 12.6. The molecule has 2 atom stereocenters. The molecule has 0 bridgehead atoms. The second kappa shape index (κ2) is 8.97. The Labute approximate surface area is 144 Å². The van der Waals surface area contributed by atoms with Gasteiger partial charge >= 0.3 is 11.9 Å². The molecule has 6 heteroatoms. The zero-order chi connectivity index (χ0) is 19.1. The molecule has 0 aromatic rings. The Kier molecular flexibility index (Phi) is 8.34. The van der Waals surface area contributed by atoms with Crippen molar-refractivity contribution in [2.24, 2.45) is 10.8 Å². The first kappa shape index (κ1) is 22.3. The summed E-state index contributed by atoms with van der Waals surface area (Å²) >= 11 is 0. The molecule has 0 fully saturated rings. The van der Waals surface area contributed by atoms with Crippen LogP contribution in [0.15, 0.2) is 12.2 Å². The molecule has 0 aromatic carbocycles. The molecule has 0 radical (unpaired) electrons. The molecule has 138 valence electrons. The average Bonchev–Trinajstić information content (AvgIpc) is 2.50. The van der Waals surface area contributed by atoms with Crippen molar-refractivity contribution in [3.63, 3.8) is 0 Å². The van der Waals surface area contributed by atoms with Gasteiger partial charge in [-0.2, -0.15) is 0 Å². The first-order valence-electron chi connectivity index (χ1n) is 8.02. The molecule has 0 aliphatic rings. The minimum Gasteiger partial charge on any atom is -0.469 e. The van der Waals surface area contributed by atoms with Crippen molar-refractivity contribution in [3.05, 3.63) is 12.2 Å². The normalized spacial score (nSPS) is 15.1. The van der Waals surface area contributed by atoms with Crippen LogP contribution in [-0.4, -0.2) is 42.6 Å². The molecule has 0 saturated heterocycles. The first-order valence-corrected chi connectivity index (χ1v) is 8.02. The van der Waals surface area contributed by atoms with Crippen LogP contribution in [0.5, 0.6) is 0 Å². The maximum Gasteiger partial charge on any atom is 0.333 e. The van der Waals surface area contributed by atoms with Gasteiger partial charge in [-0.3, -0.25) is 9.59 Å². The zero-order valence-electron chi connectivity index (χ0n) is 15.6. The van der Waals surface area contributed by atoms with E-state index < -0.39 is 22.9 Å². The van der Waals surface area contributed by atoms with Crippen molar-refractivity contribution in [3.8, 4) is 0 Å². The second-order valence-electron chi connectivity index (χ2n) is 7.13. The lowest BCUT2D eigenvalue weighted by Crippen LogP contribution is -2.39. The fourth-order valence-electron chi connectivity index (χ4n) is 2.56. The monoisotopic (exact) mass is 342 g/mol. The number of Topliss-reactive ketones (excluding diaryl/α,β-unsaturated/α-hetero) is 1. The summed E-state index contributed by atoms with van der Waals surface area (Å²) in [6.07, 6.45) is -0.413. The lowest BCUT2D eigenvalue weighted by Gasteiger charge is -2.34. The molecule has 0 amide bonds. The van der Waals surface area contributed by atoms with Gasteiger partial charge in [-0.15, -0.1) is 0 Å². The summed E-state index contributed by atoms with van der Waals surface area (Å²) in [5.41, 5.74) is -1.37. The third-order valence-electron chi connectivity index (χ3n) is 4.20. The third kappa shape index (κ3) is 6.43. The van der Waals surface area contributed by atoms with E-state index in [1.807, 2.05) is 6.92 Å². The highest BCUT2D eigenvalue weighted by atomic mass is 16.5. The highest BCUT2D eigenvalue weighted by Crippen LogP contribution is 2.39. The number of ketones is 1. The first-order chi connectivity index (χ1) is 10.9. The van der Waals surface area contributed by atoms with Gasteiger partial charge in [0.25, 0.3) is 0 Å². The summed E-state index contributed by atoms with van der Waals surface area (Å²) in [4.78, 5) is 35.8. The van der Waals surface area contributed by atoms with Gasteiger partial charge in [-0.25, -0.2) is 4.79 Å². The van der Waals surface area contributed by atoms with Crippen molar-refractivity contribution in [1.82, 2.24) is 0 Å². The van der Waals surface area contributed by atoms with E-state index in [1.165, 1.54) is 14.0 Å². The van der Waals surface area contributed by atoms with E-state index in [-0.39, 0.29) is 30.4 Å². The topological polar surface area (TPSA) is 89.9 Å². The van der Waals surface area contributed by atoms with Crippen LogP contribution < -0.4 is 0 Å². The van der Waals surface area contributed by atoms with Gasteiger partial charge in [0.05, 0.1) is 18.6 Å². The van der Waals surface area contributed by atoms with E-state index in [9.17, 15) is 19.5 Å². The summed E-state index contributed by atoms with van der Waals surface area (Å²) in [5.74, 6) is -1.17. The van der Waals surface area contributed by atoms with E-state index in [4.69, 9.17) is 9.47 Å². The molecule has 0 aliphatic heterocycles. The minimum atomic E-state index is -1.09. The minimum absolute atomic E-state index is 0.148. The number of methoxy groups -OCH3 is 1. The molecule has 6 nitrogen and oxygen atoms in total. The van der Waals surface area contributed by atoms with E-state index >= 15 is 0 Å². The fourth-order valence-corrected chi connectivity index (χ4v) is 2.56. The summed E-state index contributed by atoms with van der Waals surface area (Å²) in [6, 6.07) is 0. The molecule has 24 heavy (non-hydrogen) atoms. The van der Waals surface area contributed by atoms with Crippen molar-refractivity contribution < 1.29 is 29.0 Å². The lowest BCUT2D eigenvalue weighted by atomic mass is 9.69. The summed E-state index contributed by atoms with van der Waals surface area (Å²) < 4.78 is 9.64. The number of esters is 2. The van der Waals surface area contributed by atoms with E-state index in [0.29, 0.717) is 12.8 Å². The Morgan fingerprint density at radius 3 is 2.17 bits per heavy atom. The smallest absolute Gasteiger partial charge is 0.333 e. The van der Waals surface area contributed by atoms with Crippen LogP contribution >= 0.6 is 0 Å². The number of carbonyl (C=O) groups is 3. The molecule has 0 heterocycles. The Morgan fingerprint density at radius 1 is 1.21 bits per heavy atom. The Hall–Kier alpha value is -1.69. The molecule has 0 saturated carbocycles. The molecule has 2 unspecified atom stereocenters. The molecule has 0 rings (SSSR count). The van der Waals surface area contributed by atoms with Crippen LogP contribution in [0.1, 0.15) is 53.9 Å². The van der Waals surface area contributed by atoms with Gasteiger partial charge in [-0.1, -0.05) is 20.4 Å². The lowest BCUT2D eigenvalue weighted by molar-refractivity contribution is -0.154. The molecule has 0 aliphatic carbocycles. The predicted molar refractivity (Wildman–Crippen MR) is 90.2 cm³/mol. The van der Waals surface area contributed by atoms with Crippen LogP contribution in [0.25, 0.3) is 0 Å². The number of ether oxygens (including phenoxy) is 2. The number of rotatable bonds is 10. The fraction of sp³-hybridized carbons (Fsp3) is 0.722. The molecule has 0 spiro atoms. The standard InChI is InChI=1S/C18H30O6/c1-8-18(6,11-17(4,5)16(22)23-7)14(20)9-13(19)10-24-15(21)12(2)3/h13,19H,2,8-11H2,1,3-7H3. The highest BCUT2D eigenvalue weighted by Gasteiger charge is 2.41. The van der Waals surface area contributed by atoms with Gasteiger partial charge < -0.3 is 14.6 Å². The maximum absolute atomic E-state index is 12.6. The van der Waals surface area contributed by atoms with Gasteiger partial charge in [-0.05, 0) is 33.6 Å². The van der Waals surface area contributed by atoms with Gasteiger partial charge in [0.1, 0.15) is 12.4 Å². The molecule has 0 aromatic heterocycles. The summed E-state index contributed by atoms with van der Waals surface area (Å²) in [6.45, 7) is 11.8. The van der Waals surface area contributed by atoms with Crippen molar-refractivity contribution in [2.75, 3.05) is 13.7 Å². The van der Waals surface area contributed by atoms with E-state index in [0.717, 1.165) is 0 Å². The largest absolute Gasteiger partial charge is 0.469 e. The average molecular weight is 342 g/mol. The van der Waals surface area contributed by atoms with E-state index in [2.05, 4.69) is 6.58 Å². The van der Waals surface area contributed by atoms with Crippen molar-refractivity contribution >= 4 is 17.7 Å². The van der Waals surface area contributed by atoms with Crippen molar-refractivity contribution in [1.29, 1.82) is 0 Å². The van der Waals surface area contributed by atoms with Gasteiger partial charge in [0, 0.05) is 17.4 Å². The highest BCUT2D eigenvalue weighted by molar-refractivity contribution is 5.87. The van der Waals surface area contributed by atoms with Crippen LogP contribution in [0, 0.1) is 10.8 Å². The number of aliphatic hydroxyl groups is 1. The summed E-state index contributed by atoms with van der Waals surface area (Å²) in [5, 5.41) is 9.94. The molecule has 1 N–H and O–H groups in total. The third-order valence-corrected chi connectivity index (χ3v) is 4.20. The number of aliphatic hydroxyl groups excluding tert-OH is 1. The quantitative estimate of drug-likeness (QED) is 0.484. The van der Waals surface area contributed by atoms with Crippen LogP contribution in [-0.2, 0) is 23.9 Å². The second-order valence-corrected chi connectivity index (χ2v) is 7.13. The zero-order valence-corrected chi connectivity index (χ0v) is 15.6. The SMILES string of the molecule is C=C(C)C(=O)OCC(O)CC(=O)C(C)(CC)CC(C)(C)C(=O)OC. The predicted octanol–water partition coefficient (Wildman–Crippen LogP) is 2.43. The van der Waals surface area contributed by atoms with Crippen molar-refractivity contribution in [2.45, 2.75) is 60.0 Å². The Bertz CT molecular complexity index is 494. The molecular formula is C18H30O6. The number of carbonyl (C=O) groups excluding carboxylic acids is 3.